The molecule has 0 saturated heterocycles. The molecule has 0 spiro atoms. The highest BCUT2D eigenvalue weighted by molar-refractivity contribution is 14.0. The van der Waals surface area contributed by atoms with Gasteiger partial charge in [-0.25, -0.2) is 17.5 Å². The second kappa shape index (κ2) is 10.9. The van der Waals surface area contributed by atoms with Crippen molar-refractivity contribution in [2.75, 3.05) is 25.9 Å². The third-order valence-corrected chi connectivity index (χ3v) is 3.96. The van der Waals surface area contributed by atoms with Crippen LogP contribution in [0.4, 0.5) is 4.39 Å². The number of hydrogen-bond donors (Lipinski definition) is 3. The number of rotatable bonds is 8. The predicted molar refractivity (Wildman–Crippen MR) is 112 cm³/mol. The first kappa shape index (κ1) is 24.1. The number of hydrogen-bond acceptors (Lipinski definition) is 3. The van der Waals surface area contributed by atoms with Gasteiger partial charge in [-0.1, -0.05) is 12.1 Å². The van der Waals surface area contributed by atoms with Gasteiger partial charge in [-0.05, 0) is 44.9 Å². The molecular weight excluding hydrogens is 458 g/mol. The molecule has 0 atom stereocenters. The van der Waals surface area contributed by atoms with E-state index in [-0.39, 0.29) is 36.3 Å². The number of benzene rings is 1. The second-order valence-corrected chi connectivity index (χ2v) is 8.01. The van der Waals surface area contributed by atoms with Gasteiger partial charge in [0.25, 0.3) is 0 Å². The number of nitrogens with zero attached hydrogens (tertiary/aromatic N) is 1. The molecule has 0 aromatic heterocycles. The Labute approximate surface area is 167 Å². The average Bonchev–Trinajstić information content (AvgIpc) is 2.42. The highest BCUT2D eigenvalue weighted by atomic mass is 127. The van der Waals surface area contributed by atoms with Crippen LogP contribution in [0.2, 0.25) is 0 Å². The van der Waals surface area contributed by atoms with Crippen LogP contribution < -0.4 is 15.4 Å². The van der Waals surface area contributed by atoms with Gasteiger partial charge in [-0.15, -0.1) is 24.0 Å². The Kier molecular flexibility index (Phi) is 10.5. The fourth-order valence-corrected chi connectivity index (χ4v) is 3.24. The fourth-order valence-electron chi connectivity index (χ4n) is 2.17. The van der Waals surface area contributed by atoms with Gasteiger partial charge in [0, 0.05) is 18.6 Å². The van der Waals surface area contributed by atoms with E-state index in [0.29, 0.717) is 25.5 Å². The van der Waals surface area contributed by atoms with Crippen LogP contribution in [0.25, 0.3) is 0 Å². The van der Waals surface area contributed by atoms with E-state index >= 15 is 0 Å². The molecule has 1 rings (SSSR count). The van der Waals surface area contributed by atoms with Crippen molar-refractivity contribution in [3.05, 3.63) is 35.6 Å². The summed E-state index contributed by atoms with van der Waals surface area (Å²) in [5.74, 6) is 0.346. The maximum Gasteiger partial charge on any atom is 0.209 e. The molecule has 0 heterocycles. The van der Waals surface area contributed by atoms with Crippen molar-refractivity contribution < 1.29 is 12.8 Å². The van der Waals surface area contributed by atoms with Crippen molar-refractivity contribution >= 4 is 40.0 Å². The second-order valence-electron chi connectivity index (χ2n) is 6.26. The highest BCUT2D eigenvalue weighted by Crippen LogP contribution is 2.05. The first-order valence-electron chi connectivity index (χ1n) is 7.87. The Morgan fingerprint density at radius 2 is 1.96 bits per heavy atom. The van der Waals surface area contributed by atoms with Crippen molar-refractivity contribution in [1.82, 2.24) is 15.4 Å². The number of aliphatic imine (C=N–C) groups is 1. The number of halogens is 2. The standard InChI is InChI=1S/C16H27FN4O2S.HI/c1-5-18-15(20-12-16(2,3)21-24(4,22)23)19-10-9-13-7-6-8-14(17)11-13;/h6-8,11,21H,5,9-10,12H2,1-4H3,(H2,18,19,20);1H. The van der Waals surface area contributed by atoms with E-state index in [1.54, 1.807) is 19.9 Å². The van der Waals surface area contributed by atoms with Crippen LogP contribution in [0.1, 0.15) is 26.3 Å². The Morgan fingerprint density at radius 3 is 2.52 bits per heavy atom. The predicted octanol–water partition coefficient (Wildman–Crippen LogP) is 1.87. The topological polar surface area (TPSA) is 82.6 Å². The number of sulfonamides is 1. The quantitative estimate of drug-likeness (QED) is 0.298. The van der Waals surface area contributed by atoms with Crippen LogP contribution in [-0.4, -0.2) is 45.8 Å². The zero-order valence-electron chi connectivity index (χ0n) is 15.1. The van der Waals surface area contributed by atoms with Crippen LogP contribution in [0.15, 0.2) is 29.3 Å². The lowest BCUT2D eigenvalue weighted by atomic mass is 10.1. The first-order chi connectivity index (χ1) is 11.1. The molecule has 144 valence electrons. The van der Waals surface area contributed by atoms with Gasteiger partial charge in [0.15, 0.2) is 5.96 Å². The molecule has 0 aliphatic carbocycles. The first-order valence-corrected chi connectivity index (χ1v) is 9.76. The summed E-state index contributed by atoms with van der Waals surface area (Å²) in [6.07, 6.45) is 1.79. The van der Waals surface area contributed by atoms with Crippen molar-refractivity contribution in [2.24, 2.45) is 4.99 Å². The fraction of sp³-hybridized carbons (Fsp3) is 0.562. The summed E-state index contributed by atoms with van der Waals surface area (Å²) in [7, 11) is -3.29. The molecule has 0 amide bonds. The van der Waals surface area contributed by atoms with Gasteiger partial charge in [0.2, 0.25) is 10.0 Å². The number of nitrogens with one attached hydrogen (secondary N) is 3. The largest absolute Gasteiger partial charge is 0.357 e. The lowest BCUT2D eigenvalue weighted by molar-refractivity contribution is 0.464. The molecule has 0 aliphatic heterocycles. The maximum absolute atomic E-state index is 13.1. The highest BCUT2D eigenvalue weighted by Gasteiger charge is 2.21. The Balaban J connectivity index is 0.00000576. The molecule has 0 bridgehead atoms. The van der Waals surface area contributed by atoms with E-state index in [4.69, 9.17) is 0 Å². The van der Waals surface area contributed by atoms with Crippen LogP contribution >= 0.6 is 24.0 Å². The van der Waals surface area contributed by atoms with Crippen LogP contribution in [0, 0.1) is 5.82 Å². The molecule has 0 saturated carbocycles. The third kappa shape index (κ3) is 11.3. The molecule has 0 radical (unpaired) electrons. The van der Waals surface area contributed by atoms with E-state index in [9.17, 15) is 12.8 Å². The van der Waals surface area contributed by atoms with Crippen molar-refractivity contribution in [1.29, 1.82) is 0 Å². The van der Waals surface area contributed by atoms with Crippen molar-refractivity contribution in [3.63, 3.8) is 0 Å². The molecule has 0 fully saturated rings. The van der Waals surface area contributed by atoms with Gasteiger partial charge in [-0.3, -0.25) is 4.99 Å². The van der Waals surface area contributed by atoms with Crippen LogP contribution in [-0.2, 0) is 16.4 Å². The summed E-state index contributed by atoms with van der Waals surface area (Å²) < 4.78 is 38.4. The maximum atomic E-state index is 13.1. The van der Waals surface area contributed by atoms with Gasteiger partial charge in [-0.2, -0.15) is 0 Å². The van der Waals surface area contributed by atoms with Crippen molar-refractivity contribution in [2.45, 2.75) is 32.7 Å². The minimum Gasteiger partial charge on any atom is -0.357 e. The molecule has 6 nitrogen and oxygen atoms in total. The van der Waals surface area contributed by atoms with Gasteiger partial charge < -0.3 is 10.6 Å². The monoisotopic (exact) mass is 486 g/mol. The van der Waals surface area contributed by atoms with Gasteiger partial charge in [0.05, 0.1) is 12.8 Å². The molecule has 9 heteroatoms. The summed E-state index contributed by atoms with van der Waals surface area (Å²) >= 11 is 0. The Bertz CT molecular complexity index is 666. The summed E-state index contributed by atoms with van der Waals surface area (Å²) in [6, 6.07) is 6.47. The molecule has 1 aromatic rings. The zero-order chi connectivity index (χ0) is 18.2. The summed E-state index contributed by atoms with van der Waals surface area (Å²) in [5, 5.41) is 6.27. The summed E-state index contributed by atoms with van der Waals surface area (Å²) in [4.78, 5) is 4.41. The SMILES string of the molecule is CCNC(=NCC(C)(C)NS(C)(=O)=O)NCCc1cccc(F)c1.I. The van der Waals surface area contributed by atoms with E-state index in [0.717, 1.165) is 11.8 Å². The lowest BCUT2D eigenvalue weighted by Gasteiger charge is -2.23. The normalized spacial score (nSPS) is 12.4. The Morgan fingerprint density at radius 1 is 1.28 bits per heavy atom. The van der Waals surface area contributed by atoms with Gasteiger partial charge in [0.1, 0.15) is 5.82 Å². The zero-order valence-corrected chi connectivity index (χ0v) is 18.2. The molecule has 3 N–H and O–H groups in total. The molecule has 25 heavy (non-hydrogen) atoms. The smallest absolute Gasteiger partial charge is 0.209 e. The Hall–Kier alpha value is -0.940. The van der Waals surface area contributed by atoms with E-state index in [1.165, 1.54) is 12.1 Å². The van der Waals surface area contributed by atoms with Crippen molar-refractivity contribution in [3.8, 4) is 0 Å². The van der Waals surface area contributed by atoms with Crippen LogP contribution in [0.5, 0.6) is 0 Å². The molecule has 1 aromatic carbocycles. The van der Waals surface area contributed by atoms with Crippen LogP contribution in [0.3, 0.4) is 0 Å². The minimum atomic E-state index is -3.29. The van der Waals surface area contributed by atoms with Gasteiger partial charge >= 0.3 is 0 Å². The third-order valence-electron chi connectivity index (χ3n) is 3.03. The lowest BCUT2D eigenvalue weighted by Crippen LogP contribution is -2.47. The molecular formula is C16H28FIN4O2S. The minimum absolute atomic E-state index is 0. The van der Waals surface area contributed by atoms with E-state index < -0.39 is 15.6 Å². The summed E-state index contributed by atoms with van der Waals surface area (Å²) in [6.45, 7) is 7.06. The average molecular weight is 486 g/mol. The van der Waals surface area contributed by atoms with E-state index in [1.807, 2.05) is 13.0 Å². The molecule has 0 unspecified atom stereocenters. The summed E-state index contributed by atoms with van der Waals surface area (Å²) in [5.41, 5.74) is 0.218. The molecule has 0 aliphatic rings. The van der Waals surface area contributed by atoms with E-state index in [2.05, 4.69) is 20.3 Å². The number of guanidine groups is 1.